The first-order chi connectivity index (χ1) is 9.51. The third-order valence-electron chi connectivity index (χ3n) is 2.71. The summed E-state index contributed by atoms with van der Waals surface area (Å²) < 4.78 is 31.7. The first-order valence-corrected chi connectivity index (χ1v) is 5.86. The Kier molecular flexibility index (Phi) is 3.97. The van der Waals surface area contributed by atoms with Crippen LogP contribution in [0.15, 0.2) is 36.4 Å². The number of nitriles is 1. The average Bonchev–Trinajstić information content (AvgIpc) is 2.41. The Morgan fingerprint density at radius 3 is 2.50 bits per heavy atom. The zero-order valence-electron chi connectivity index (χ0n) is 10.6. The molecule has 0 aliphatic carbocycles. The number of aliphatic hydroxyl groups excluding tert-OH is 1. The van der Waals surface area contributed by atoms with Gasteiger partial charge in [-0.25, -0.2) is 8.78 Å². The smallest absolute Gasteiger partial charge is 0.168 e. The van der Waals surface area contributed by atoms with Crippen molar-refractivity contribution in [2.24, 2.45) is 0 Å². The predicted octanol–water partition coefficient (Wildman–Crippen LogP) is 3.68. The Labute approximate surface area is 114 Å². The fourth-order valence-corrected chi connectivity index (χ4v) is 1.71. The minimum Gasteiger partial charge on any atom is -0.454 e. The van der Waals surface area contributed by atoms with Crippen molar-refractivity contribution in [1.29, 1.82) is 5.26 Å². The maximum absolute atomic E-state index is 13.6. The molecule has 2 aromatic rings. The van der Waals surface area contributed by atoms with E-state index < -0.39 is 17.7 Å². The minimum atomic E-state index is -0.857. The van der Waals surface area contributed by atoms with Crippen LogP contribution in [0.25, 0.3) is 0 Å². The van der Waals surface area contributed by atoms with Gasteiger partial charge in [0, 0.05) is 11.6 Å². The zero-order chi connectivity index (χ0) is 14.7. The van der Waals surface area contributed by atoms with E-state index in [1.54, 1.807) is 0 Å². The first kappa shape index (κ1) is 14.0. The van der Waals surface area contributed by atoms with Gasteiger partial charge in [0.25, 0.3) is 0 Å². The molecule has 3 nitrogen and oxygen atoms in total. The monoisotopic (exact) mass is 275 g/mol. The van der Waals surface area contributed by atoms with Crippen molar-refractivity contribution < 1.29 is 18.6 Å². The highest BCUT2D eigenvalue weighted by Gasteiger charge is 2.13. The maximum atomic E-state index is 13.6. The molecule has 0 heterocycles. The van der Waals surface area contributed by atoms with E-state index >= 15 is 0 Å². The molecular weight excluding hydrogens is 264 g/mol. The second-order valence-electron chi connectivity index (χ2n) is 4.22. The molecule has 0 saturated carbocycles. The molecule has 0 saturated heterocycles. The summed E-state index contributed by atoms with van der Waals surface area (Å²) in [5, 5.41) is 18.5. The van der Waals surface area contributed by atoms with Crippen molar-refractivity contribution in [3.63, 3.8) is 0 Å². The van der Waals surface area contributed by atoms with Gasteiger partial charge in [0.1, 0.15) is 11.6 Å². The Hall–Kier alpha value is -2.45. The summed E-state index contributed by atoms with van der Waals surface area (Å²) in [6, 6.07) is 9.29. The molecule has 0 bridgehead atoms. The van der Waals surface area contributed by atoms with E-state index in [0.29, 0.717) is 17.2 Å². The van der Waals surface area contributed by atoms with Gasteiger partial charge < -0.3 is 9.84 Å². The summed E-state index contributed by atoms with van der Waals surface area (Å²) >= 11 is 0. The lowest BCUT2D eigenvalue weighted by atomic mass is 10.1. The molecule has 0 amide bonds. The highest BCUT2D eigenvalue weighted by atomic mass is 19.1. The van der Waals surface area contributed by atoms with Crippen LogP contribution in [0.1, 0.15) is 24.2 Å². The van der Waals surface area contributed by atoms with Crippen molar-refractivity contribution in [3.05, 3.63) is 59.2 Å². The van der Waals surface area contributed by atoms with Gasteiger partial charge in [0.05, 0.1) is 17.7 Å². The van der Waals surface area contributed by atoms with Crippen LogP contribution in [0, 0.1) is 23.0 Å². The van der Waals surface area contributed by atoms with E-state index in [1.165, 1.54) is 25.1 Å². The second-order valence-corrected chi connectivity index (χ2v) is 4.22. The molecule has 102 valence electrons. The molecule has 0 aromatic heterocycles. The summed E-state index contributed by atoms with van der Waals surface area (Å²) in [7, 11) is 0. The molecule has 20 heavy (non-hydrogen) atoms. The number of aliphatic hydroxyl groups is 1. The van der Waals surface area contributed by atoms with E-state index in [2.05, 4.69) is 0 Å². The predicted molar refractivity (Wildman–Crippen MR) is 68.2 cm³/mol. The molecule has 0 radical (unpaired) electrons. The molecule has 0 fully saturated rings. The summed E-state index contributed by atoms with van der Waals surface area (Å²) in [5.74, 6) is -1.59. The number of nitrogens with zero attached hydrogens (tertiary/aromatic N) is 1. The van der Waals surface area contributed by atoms with Crippen LogP contribution in [-0.4, -0.2) is 5.11 Å². The standard InChI is InChI=1S/C15H11F2NO2/c1-9(19)12-4-2-10(8-18)6-15(12)20-14-5-3-11(16)7-13(14)17/h2-7,9,19H,1H3/t9-/m0/s1. The molecule has 1 N–H and O–H groups in total. The van der Waals surface area contributed by atoms with Crippen LogP contribution in [0.5, 0.6) is 11.5 Å². The Balaban J connectivity index is 2.43. The van der Waals surface area contributed by atoms with Gasteiger partial charge in [0.2, 0.25) is 0 Å². The molecule has 2 rings (SSSR count). The lowest BCUT2D eigenvalue weighted by molar-refractivity contribution is 0.195. The van der Waals surface area contributed by atoms with Crippen molar-refractivity contribution in [2.45, 2.75) is 13.0 Å². The van der Waals surface area contributed by atoms with Crippen LogP contribution in [0.4, 0.5) is 8.78 Å². The quantitative estimate of drug-likeness (QED) is 0.929. The highest BCUT2D eigenvalue weighted by Crippen LogP contribution is 2.32. The minimum absolute atomic E-state index is 0.157. The zero-order valence-corrected chi connectivity index (χ0v) is 10.6. The molecule has 1 atom stereocenters. The third-order valence-corrected chi connectivity index (χ3v) is 2.71. The van der Waals surface area contributed by atoms with Crippen LogP contribution in [0.2, 0.25) is 0 Å². The lowest BCUT2D eigenvalue weighted by Gasteiger charge is -2.14. The SMILES string of the molecule is C[C@H](O)c1ccc(C#N)cc1Oc1ccc(F)cc1F. The van der Waals surface area contributed by atoms with Gasteiger partial charge in [0.15, 0.2) is 11.6 Å². The Morgan fingerprint density at radius 1 is 1.15 bits per heavy atom. The number of benzene rings is 2. The number of halogens is 2. The number of ether oxygens (including phenoxy) is 1. The average molecular weight is 275 g/mol. The summed E-state index contributed by atoms with van der Waals surface area (Å²) in [6.07, 6.45) is -0.846. The van der Waals surface area contributed by atoms with Gasteiger partial charge >= 0.3 is 0 Å². The van der Waals surface area contributed by atoms with Crippen LogP contribution in [-0.2, 0) is 0 Å². The molecule has 0 aliphatic heterocycles. The number of hydrogen-bond acceptors (Lipinski definition) is 3. The van der Waals surface area contributed by atoms with Crippen molar-refractivity contribution >= 4 is 0 Å². The van der Waals surface area contributed by atoms with Gasteiger partial charge in [-0.3, -0.25) is 0 Å². The summed E-state index contributed by atoms with van der Waals surface area (Å²) in [5.41, 5.74) is 0.722. The summed E-state index contributed by atoms with van der Waals surface area (Å²) in [4.78, 5) is 0. The topological polar surface area (TPSA) is 53.2 Å². The Morgan fingerprint density at radius 2 is 1.90 bits per heavy atom. The Bertz CT molecular complexity index is 678. The first-order valence-electron chi connectivity index (χ1n) is 5.86. The maximum Gasteiger partial charge on any atom is 0.168 e. The third kappa shape index (κ3) is 2.92. The van der Waals surface area contributed by atoms with E-state index in [4.69, 9.17) is 10.00 Å². The van der Waals surface area contributed by atoms with E-state index in [-0.39, 0.29) is 11.5 Å². The molecule has 0 aliphatic rings. The van der Waals surface area contributed by atoms with E-state index in [9.17, 15) is 13.9 Å². The van der Waals surface area contributed by atoms with E-state index in [0.717, 1.165) is 12.1 Å². The molecule has 5 heteroatoms. The second kappa shape index (κ2) is 5.68. The fraction of sp³-hybridized carbons (Fsp3) is 0.133. The fourth-order valence-electron chi connectivity index (χ4n) is 1.71. The number of hydrogen-bond donors (Lipinski definition) is 1. The van der Waals surface area contributed by atoms with Crippen LogP contribution < -0.4 is 4.74 Å². The van der Waals surface area contributed by atoms with Gasteiger partial charge in [-0.15, -0.1) is 0 Å². The van der Waals surface area contributed by atoms with Crippen molar-refractivity contribution in [2.75, 3.05) is 0 Å². The van der Waals surface area contributed by atoms with Crippen LogP contribution in [0.3, 0.4) is 0 Å². The van der Waals surface area contributed by atoms with Gasteiger partial charge in [-0.2, -0.15) is 5.26 Å². The van der Waals surface area contributed by atoms with Crippen LogP contribution >= 0.6 is 0 Å². The highest BCUT2D eigenvalue weighted by molar-refractivity contribution is 5.45. The van der Waals surface area contributed by atoms with Crippen molar-refractivity contribution in [3.8, 4) is 17.6 Å². The molecular formula is C15H11F2NO2. The van der Waals surface area contributed by atoms with Gasteiger partial charge in [-0.05, 0) is 31.2 Å². The van der Waals surface area contributed by atoms with Crippen molar-refractivity contribution in [1.82, 2.24) is 0 Å². The molecule has 2 aromatic carbocycles. The molecule has 0 spiro atoms. The largest absolute Gasteiger partial charge is 0.454 e. The lowest BCUT2D eigenvalue weighted by Crippen LogP contribution is -1.98. The molecule has 0 unspecified atom stereocenters. The summed E-state index contributed by atoms with van der Waals surface area (Å²) in [6.45, 7) is 1.52. The normalized spacial score (nSPS) is 11.8. The van der Waals surface area contributed by atoms with E-state index in [1.807, 2.05) is 6.07 Å². The van der Waals surface area contributed by atoms with Gasteiger partial charge in [-0.1, -0.05) is 6.07 Å². The number of rotatable bonds is 3.